The zero-order valence-corrected chi connectivity index (χ0v) is 23.0. The quantitative estimate of drug-likeness (QED) is 0.247. The number of hydrogen-bond donors (Lipinski definition) is 1. The SMILES string of the molecule is CC(C)(C)OC(=O)N1CCCC1c1cn2cc(-c3cc4sc(-c5ccc6[nH]cnc6c5)cc4s3)ccc2n1. The molecular weight excluding hydrogens is 514 g/mol. The first-order valence-electron chi connectivity index (χ1n) is 12.8. The Morgan fingerprint density at radius 1 is 1.03 bits per heavy atom. The van der Waals surface area contributed by atoms with Crippen LogP contribution in [0.2, 0.25) is 0 Å². The third kappa shape index (κ3) is 4.16. The van der Waals surface area contributed by atoms with Crippen molar-refractivity contribution in [3.8, 4) is 20.9 Å². The highest BCUT2D eigenvalue weighted by molar-refractivity contribution is 7.31. The van der Waals surface area contributed by atoms with Gasteiger partial charge in [-0.15, -0.1) is 22.7 Å². The van der Waals surface area contributed by atoms with Crippen LogP contribution in [0.25, 0.3) is 47.0 Å². The fourth-order valence-electron chi connectivity index (χ4n) is 5.14. The molecule has 0 saturated carbocycles. The summed E-state index contributed by atoms with van der Waals surface area (Å²) >= 11 is 3.62. The Kier molecular flexibility index (Phi) is 5.35. The van der Waals surface area contributed by atoms with Crippen LogP contribution < -0.4 is 0 Å². The molecule has 1 aliphatic rings. The van der Waals surface area contributed by atoms with Crippen molar-refractivity contribution in [2.75, 3.05) is 6.54 Å². The number of hydrogen-bond acceptors (Lipinski definition) is 6. The van der Waals surface area contributed by atoms with Gasteiger partial charge in [0.2, 0.25) is 0 Å². The number of fused-ring (bicyclic) bond motifs is 3. The van der Waals surface area contributed by atoms with E-state index in [1.807, 2.05) is 37.0 Å². The molecule has 0 aliphatic carbocycles. The number of ether oxygens (including phenoxy) is 1. The van der Waals surface area contributed by atoms with Crippen molar-refractivity contribution in [1.29, 1.82) is 0 Å². The molecular formula is C29H27N5O2S2. The predicted molar refractivity (Wildman–Crippen MR) is 154 cm³/mol. The van der Waals surface area contributed by atoms with E-state index in [0.29, 0.717) is 6.54 Å². The molecule has 38 heavy (non-hydrogen) atoms. The van der Waals surface area contributed by atoms with Crippen LogP contribution in [-0.2, 0) is 4.74 Å². The summed E-state index contributed by atoms with van der Waals surface area (Å²) in [4.78, 5) is 29.5. The maximum Gasteiger partial charge on any atom is 0.410 e. The van der Waals surface area contributed by atoms with Gasteiger partial charge in [0.1, 0.15) is 11.2 Å². The van der Waals surface area contributed by atoms with Gasteiger partial charge in [-0.05, 0) is 75.6 Å². The number of H-pyrrole nitrogens is 1. The number of aromatic amines is 1. The predicted octanol–water partition coefficient (Wildman–Crippen LogP) is 7.89. The molecule has 6 heterocycles. The lowest BCUT2D eigenvalue weighted by atomic mass is 10.1. The van der Waals surface area contributed by atoms with Gasteiger partial charge in [-0.2, -0.15) is 0 Å². The molecule has 1 unspecified atom stereocenters. The average Bonchev–Trinajstić information content (AvgIpc) is 3.67. The molecule has 9 heteroatoms. The van der Waals surface area contributed by atoms with Gasteiger partial charge in [0, 0.05) is 43.7 Å². The van der Waals surface area contributed by atoms with Gasteiger partial charge >= 0.3 is 6.09 Å². The number of carbonyl (C=O) groups excluding carboxylic acids is 1. The summed E-state index contributed by atoms with van der Waals surface area (Å²) in [5.41, 5.74) is 5.67. The smallest absolute Gasteiger partial charge is 0.410 e. The maximum atomic E-state index is 12.8. The second-order valence-electron chi connectivity index (χ2n) is 10.8. The summed E-state index contributed by atoms with van der Waals surface area (Å²) in [7, 11) is 0. The van der Waals surface area contributed by atoms with Gasteiger partial charge in [-0.3, -0.25) is 4.90 Å². The molecule has 1 N–H and O–H groups in total. The van der Waals surface area contributed by atoms with E-state index in [2.05, 4.69) is 69.2 Å². The number of rotatable bonds is 3. The van der Waals surface area contributed by atoms with Gasteiger partial charge in [-0.1, -0.05) is 6.07 Å². The van der Waals surface area contributed by atoms with E-state index in [9.17, 15) is 4.79 Å². The first kappa shape index (κ1) is 23.4. The van der Waals surface area contributed by atoms with Crippen LogP contribution in [0.1, 0.15) is 45.3 Å². The highest BCUT2D eigenvalue weighted by Gasteiger charge is 2.34. The Labute approximate surface area is 227 Å². The number of pyridine rings is 1. The van der Waals surface area contributed by atoms with E-state index in [-0.39, 0.29) is 12.1 Å². The Morgan fingerprint density at radius 2 is 1.79 bits per heavy atom. The topological polar surface area (TPSA) is 75.5 Å². The monoisotopic (exact) mass is 541 g/mol. The summed E-state index contributed by atoms with van der Waals surface area (Å²) < 4.78 is 10.3. The van der Waals surface area contributed by atoms with Crippen molar-refractivity contribution in [3.05, 3.63) is 66.9 Å². The number of carbonyl (C=O) groups is 1. The fraction of sp³-hybridized carbons (Fsp3) is 0.276. The zero-order chi connectivity index (χ0) is 26.0. The number of imidazole rings is 2. The highest BCUT2D eigenvalue weighted by Crippen LogP contribution is 2.42. The van der Waals surface area contributed by atoms with Crippen LogP contribution in [-0.4, -0.2) is 42.5 Å². The second-order valence-corrected chi connectivity index (χ2v) is 12.9. The summed E-state index contributed by atoms with van der Waals surface area (Å²) in [6.45, 7) is 6.40. The minimum atomic E-state index is -0.513. The molecule has 7 rings (SSSR count). The van der Waals surface area contributed by atoms with Crippen molar-refractivity contribution < 1.29 is 9.53 Å². The van der Waals surface area contributed by atoms with Crippen molar-refractivity contribution in [1.82, 2.24) is 24.3 Å². The number of aromatic nitrogens is 4. The third-order valence-electron chi connectivity index (χ3n) is 6.89. The Balaban J connectivity index is 1.16. The van der Waals surface area contributed by atoms with Crippen molar-refractivity contribution in [2.45, 2.75) is 45.3 Å². The van der Waals surface area contributed by atoms with Crippen LogP contribution in [0.5, 0.6) is 0 Å². The van der Waals surface area contributed by atoms with E-state index >= 15 is 0 Å². The second kappa shape index (κ2) is 8.68. The summed E-state index contributed by atoms with van der Waals surface area (Å²) in [5.74, 6) is 0. The molecule has 1 aromatic carbocycles. The summed E-state index contributed by atoms with van der Waals surface area (Å²) in [5, 5.41) is 0. The molecule has 192 valence electrons. The van der Waals surface area contributed by atoms with Gasteiger partial charge in [0.05, 0.1) is 29.1 Å². The van der Waals surface area contributed by atoms with E-state index < -0.39 is 5.60 Å². The number of thiophene rings is 2. The van der Waals surface area contributed by atoms with Crippen molar-refractivity contribution in [2.24, 2.45) is 0 Å². The molecule has 5 aromatic heterocycles. The normalized spacial score (nSPS) is 16.3. The molecule has 0 bridgehead atoms. The lowest BCUT2D eigenvalue weighted by molar-refractivity contribution is 0.0222. The van der Waals surface area contributed by atoms with Crippen molar-refractivity contribution >= 4 is 54.8 Å². The molecule has 1 fully saturated rings. The number of likely N-dealkylation sites (tertiary alicyclic amines) is 1. The number of nitrogens with one attached hydrogen (secondary N) is 1. The zero-order valence-electron chi connectivity index (χ0n) is 21.4. The van der Waals surface area contributed by atoms with E-state index in [1.165, 1.54) is 24.7 Å². The van der Waals surface area contributed by atoms with Gasteiger partial charge in [0.15, 0.2) is 0 Å². The first-order chi connectivity index (χ1) is 18.3. The van der Waals surface area contributed by atoms with Gasteiger partial charge < -0.3 is 14.1 Å². The van der Waals surface area contributed by atoms with Gasteiger partial charge in [0.25, 0.3) is 0 Å². The summed E-state index contributed by atoms with van der Waals surface area (Å²) in [6, 6.07) is 15.1. The largest absolute Gasteiger partial charge is 0.444 e. The molecule has 1 aliphatic heterocycles. The number of benzene rings is 1. The minimum absolute atomic E-state index is 0.0561. The van der Waals surface area contributed by atoms with Crippen LogP contribution in [0.15, 0.2) is 61.2 Å². The fourth-order valence-corrected chi connectivity index (χ4v) is 7.52. The maximum absolute atomic E-state index is 12.8. The molecule has 6 aromatic rings. The van der Waals surface area contributed by atoms with Gasteiger partial charge in [-0.25, -0.2) is 14.8 Å². The van der Waals surface area contributed by atoms with E-state index in [1.54, 1.807) is 17.7 Å². The standard InChI is InChI=1S/C29H27N5O2S2/c1-29(2,3)36-28(35)34-10-4-5-22(34)21-15-33-14-18(7-9-27(33)32-21)24-13-26-25(38-24)12-23(37-26)17-6-8-19-20(11-17)31-16-30-19/h6-9,11-16,22H,4-5,10H2,1-3H3,(H,30,31). The molecule has 0 radical (unpaired) electrons. The van der Waals surface area contributed by atoms with Crippen LogP contribution in [0.4, 0.5) is 4.79 Å². The summed E-state index contributed by atoms with van der Waals surface area (Å²) in [6.07, 6.45) is 7.52. The van der Waals surface area contributed by atoms with Crippen LogP contribution in [0.3, 0.4) is 0 Å². The molecule has 7 nitrogen and oxygen atoms in total. The third-order valence-corrected chi connectivity index (χ3v) is 9.28. The Morgan fingerprint density at radius 3 is 2.58 bits per heavy atom. The van der Waals surface area contributed by atoms with Crippen LogP contribution in [0, 0.1) is 0 Å². The minimum Gasteiger partial charge on any atom is -0.444 e. The lowest BCUT2D eigenvalue weighted by Crippen LogP contribution is -2.36. The average molecular weight is 542 g/mol. The van der Waals surface area contributed by atoms with E-state index in [0.717, 1.165) is 40.8 Å². The van der Waals surface area contributed by atoms with Crippen LogP contribution >= 0.6 is 22.7 Å². The molecule has 0 spiro atoms. The van der Waals surface area contributed by atoms with Crippen molar-refractivity contribution in [3.63, 3.8) is 0 Å². The molecule has 1 amide bonds. The highest BCUT2D eigenvalue weighted by atomic mass is 32.1. The Hall–Kier alpha value is -3.69. The lowest BCUT2D eigenvalue weighted by Gasteiger charge is -2.27. The first-order valence-corrected chi connectivity index (χ1v) is 14.4. The number of nitrogens with zero attached hydrogens (tertiary/aromatic N) is 4. The molecule has 1 atom stereocenters. The number of amides is 1. The molecule has 1 saturated heterocycles. The van der Waals surface area contributed by atoms with E-state index in [4.69, 9.17) is 9.72 Å². The Bertz CT molecular complexity index is 1790.